The van der Waals surface area contributed by atoms with Crippen LogP contribution in [0.15, 0.2) is 4.34 Å². The van der Waals surface area contributed by atoms with Crippen LogP contribution in [-0.2, 0) is 4.79 Å². The molecule has 5 nitrogen and oxygen atoms in total. The van der Waals surface area contributed by atoms with Crippen LogP contribution in [0, 0.1) is 5.41 Å². The zero-order valence-electron chi connectivity index (χ0n) is 9.84. The highest BCUT2D eigenvalue weighted by Crippen LogP contribution is 2.52. The molecule has 0 unspecified atom stereocenters. The molecule has 1 aromatic heterocycles. The number of anilines is 1. The maximum Gasteiger partial charge on any atom is 0.303 e. The molecule has 1 saturated carbocycles. The average molecular weight is 273 g/mol. The number of carboxylic acids is 1. The third-order valence-electron chi connectivity index (χ3n) is 2.76. The van der Waals surface area contributed by atoms with Gasteiger partial charge in [0.15, 0.2) is 4.34 Å². The van der Waals surface area contributed by atoms with Gasteiger partial charge in [-0.05, 0) is 18.3 Å². The number of thioether (sulfide) groups is 1. The molecular formula is C10H15N3O2S2. The molecule has 7 heteroatoms. The number of hydrogen-bond acceptors (Lipinski definition) is 6. The lowest BCUT2D eigenvalue weighted by Gasteiger charge is -2.09. The van der Waals surface area contributed by atoms with Crippen LogP contribution in [0.3, 0.4) is 0 Å². The van der Waals surface area contributed by atoms with Gasteiger partial charge in [0.2, 0.25) is 5.13 Å². The predicted octanol–water partition coefficient (Wildman–Crippen LogP) is 1.95. The molecule has 94 valence electrons. The van der Waals surface area contributed by atoms with E-state index in [1.165, 1.54) is 0 Å². The van der Waals surface area contributed by atoms with E-state index in [0.29, 0.717) is 0 Å². The van der Waals surface area contributed by atoms with E-state index < -0.39 is 5.97 Å². The van der Waals surface area contributed by atoms with Crippen LogP contribution in [0.4, 0.5) is 5.13 Å². The van der Waals surface area contributed by atoms with Crippen molar-refractivity contribution in [3.63, 3.8) is 0 Å². The second kappa shape index (κ2) is 4.81. The fourth-order valence-electron chi connectivity index (χ4n) is 1.53. The van der Waals surface area contributed by atoms with Gasteiger partial charge in [-0.2, -0.15) is 0 Å². The fraction of sp³-hybridized carbons (Fsp3) is 0.700. The first-order valence-electron chi connectivity index (χ1n) is 5.36. The van der Waals surface area contributed by atoms with E-state index in [2.05, 4.69) is 10.2 Å². The van der Waals surface area contributed by atoms with Crippen molar-refractivity contribution in [3.05, 3.63) is 0 Å². The minimum atomic E-state index is -0.700. The number of nitrogens with zero attached hydrogens (tertiary/aromatic N) is 3. The van der Waals surface area contributed by atoms with E-state index in [1.807, 2.05) is 19.0 Å². The molecule has 1 aromatic rings. The van der Waals surface area contributed by atoms with E-state index in [1.54, 1.807) is 23.1 Å². The van der Waals surface area contributed by atoms with E-state index in [0.717, 1.165) is 28.1 Å². The van der Waals surface area contributed by atoms with Gasteiger partial charge < -0.3 is 10.0 Å². The topological polar surface area (TPSA) is 66.3 Å². The molecule has 2 rings (SSSR count). The minimum Gasteiger partial charge on any atom is -0.481 e. The molecule has 1 N–H and O–H groups in total. The van der Waals surface area contributed by atoms with Crippen LogP contribution in [0.25, 0.3) is 0 Å². The molecular weight excluding hydrogens is 258 g/mol. The Kier molecular flexibility index (Phi) is 3.58. The number of aliphatic carboxylic acids is 1. The number of hydrogen-bond donors (Lipinski definition) is 1. The first-order valence-corrected chi connectivity index (χ1v) is 7.16. The van der Waals surface area contributed by atoms with Crippen LogP contribution >= 0.6 is 23.1 Å². The van der Waals surface area contributed by atoms with Crippen LogP contribution in [0.2, 0.25) is 0 Å². The second-order valence-electron chi connectivity index (χ2n) is 4.60. The Morgan fingerprint density at radius 2 is 2.24 bits per heavy atom. The molecule has 0 radical (unpaired) electrons. The van der Waals surface area contributed by atoms with Crippen molar-refractivity contribution in [2.45, 2.75) is 23.6 Å². The first kappa shape index (κ1) is 12.6. The van der Waals surface area contributed by atoms with Crippen molar-refractivity contribution in [3.8, 4) is 0 Å². The maximum atomic E-state index is 10.7. The van der Waals surface area contributed by atoms with Crippen molar-refractivity contribution in [2.75, 3.05) is 24.7 Å². The Morgan fingerprint density at radius 1 is 1.53 bits per heavy atom. The normalized spacial score (nSPS) is 16.8. The maximum absolute atomic E-state index is 10.7. The Balaban J connectivity index is 1.87. The zero-order valence-corrected chi connectivity index (χ0v) is 11.5. The van der Waals surface area contributed by atoms with Gasteiger partial charge in [-0.3, -0.25) is 4.79 Å². The Morgan fingerprint density at radius 3 is 2.71 bits per heavy atom. The number of carboxylic acid groups (broad SMARTS) is 1. The van der Waals surface area contributed by atoms with E-state index in [4.69, 9.17) is 5.11 Å². The summed E-state index contributed by atoms with van der Waals surface area (Å²) in [6.07, 6.45) is 2.32. The van der Waals surface area contributed by atoms with Gasteiger partial charge in [0.25, 0.3) is 0 Å². The smallest absolute Gasteiger partial charge is 0.303 e. The molecule has 0 bridgehead atoms. The second-order valence-corrected chi connectivity index (χ2v) is 6.78. The molecule has 0 spiro atoms. The van der Waals surface area contributed by atoms with Crippen molar-refractivity contribution < 1.29 is 9.90 Å². The highest BCUT2D eigenvalue weighted by atomic mass is 32.2. The molecule has 0 aromatic carbocycles. The van der Waals surface area contributed by atoms with Crippen LogP contribution in [0.5, 0.6) is 0 Å². The molecule has 1 heterocycles. The third kappa shape index (κ3) is 3.32. The highest BCUT2D eigenvalue weighted by Gasteiger charge is 2.44. The van der Waals surface area contributed by atoms with Crippen LogP contribution < -0.4 is 4.90 Å². The van der Waals surface area contributed by atoms with Crippen molar-refractivity contribution in [2.24, 2.45) is 5.41 Å². The SMILES string of the molecule is CN(C)c1nnc(SCC2(CC(=O)O)CC2)s1. The summed E-state index contributed by atoms with van der Waals surface area (Å²) in [5.41, 5.74) is 0.0143. The molecule has 0 saturated heterocycles. The minimum absolute atomic E-state index is 0.0143. The predicted molar refractivity (Wildman–Crippen MR) is 68.9 cm³/mol. The fourth-order valence-corrected chi connectivity index (χ4v) is 3.58. The van der Waals surface area contributed by atoms with Crippen molar-refractivity contribution >= 4 is 34.2 Å². The summed E-state index contributed by atoms with van der Waals surface area (Å²) >= 11 is 3.17. The van der Waals surface area contributed by atoms with Crippen molar-refractivity contribution in [1.29, 1.82) is 0 Å². The van der Waals surface area contributed by atoms with Crippen molar-refractivity contribution in [1.82, 2.24) is 10.2 Å². The summed E-state index contributed by atoms with van der Waals surface area (Å²) in [5.74, 6) is 0.135. The molecule has 17 heavy (non-hydrogen) atoms. The van der Waals surface area contributed by atoms with E-state index >= 15 is 0 Å². The number of aromatic nitrogens is 2. The van der Waals surface area contributed by atoms with Gasteiger partial charge in [-0.25, -0.2) is 0 Å². The lowest BCUT2D eigenvalue weighted by atomic mass is 10.1. The molecule has 1 fully saturated rings. The van der Waals surface area contributed by atoms with E-state index in [-0.39, 0.29) is 11.8 Å². The number of carbonyl (C=O) groups is 1. The summed E-state index contributed by atoms with van der Waals surface area (Å²) < 4.78 is 0.922. The summed E-state index contributed by atoms with van der Waals surface area (Å²) in [4.78, 5) is 12.6. The standard InChI is InChI=1S/C10H15N3O2S2/c1-13(2)8-11-12-9(17-8)16-6-10(3-4-10)5-7(14)15/h3-6H2,1-2H3,(H,14,15). The molecule has 0 aliphatic heterocycles. The lowest BCUT2D eigenvalue weighted by molar-refractivity contribution is -0.138. The Bertz CT molecular complexity index is 415. The molecule has 1 aliphatic carbocycles. The van der Waals surface area contributed by atoms with Gasteiger partial charge in [-0.15, -0.1) is 10.2 Å². The van der Waals surface area contributed by atoms with E-state index in [9.17, 15) is 4.79 Å². The summed E-state index contributed by atoms with van der Waals surface area (Å²) in [7, 11) is 3.86. The van der Waals surface area contributed by atoms with Crippen LogP contribution in [0.1, 0.15) is 19.3 Å². The monoisotopic (exact) mass is 273 g/mol. The van der Waals surface area contributed by atoms with Gasteiger partial charge in [-0.1, -0.05) is 23.1 Å². The summed E-state index contributed by atoms with van der Waals surface area (Å²) in [5, 5.41) is 17.9. The molecule has 0 amide bonds. The Hall–Kier alpha value is -0.820. The number of rotatable bonds is 6. The first-order chi connectivity index (χ1) is 8.01. The Labute approximate surface area is 108 Å². The highest BCUT2D eigenvalue weighted by molar-refractivity contribution is 8.01. The largest absolute Gasteiger partial charge is 0.481 e. The molecule has 1 aliphatic rings. The summed E-state index contributed by atoms with van der Waals surface area (Å²) in [6, 6.07) is 0. The van der Waals surface area contributed by atoms with Gasteiger partial charge in [0, 0.05) is 19.8 Å². The quantitative estimate of drug-likeness (QED) is 0.799. The zero-order chi connectivity index (χ0) is 12.5. The lowest BCUT2D eigenvalue weighted by Crippen LogP contribution is -2.10. The third-order valence-corrected chi connectivity index (χ3v) is 5.34. The summed E-state index contributed by atoms with van der Waals surface area (Å²) in [6.45, 7) is 0. The van der Waals surface area contributed by atoms with Gasteiger partial charge in [0.1, 0.15) is 0 Å². The van der Waals surface area contributed by atoms with Gasteiger partial charge >= 0.3 is 5.97 Å². The molecule has 0 atom stereocenters. The van der Waals surface area contributed by atoms with Crippen LogP contribution in [-0.4, -0.2) is 41.1 Å². The average Bonchev–Trinajstić information content (AvgIpc) is 2.82. The van der Waals surface area contributed by atoms with Gasteiger partial charge in [0.05, 0.1) is 6.42 Å².